The Morgan fingerprint density at radius 1 is 1.00 bits per heavy atom. The second kappa shape index (κ2) is 9.85. The van der Waals surface area contributed by atoms with Gasteiger partial charge in [0.25, 0.3) is 11.8 Å². The van der Waals surface area contributed by atoms with E-state index in [0.717, 1.165) is 22.2 Å². The van der Waals surface area contributed by atoms with Gasteiger partial charge in [-0.15, -0.1) is 0 Å². The number of amides is 2. The highest BCUT2D eigenvalue weighted by Crippen LogP contribution is 2.49. The average Bonchev–Trinajstić information content (AvgIpc) is 3.37. The van der Waals surface area contributed by atoms with Gasteiger partial charge in [0, 0.05) is 58.8 Å². The normalized spacial score (nSPS) is 18.3. The Morgan fingerprint density at radius 2 is 1.74 bits per heavy atom. The highest BCUT2D eigenvalue weighted by atomic mass is 19.1. The molecule has 1 aromatic heterocycles. The first-order chi connectivity index (χ1) is 18.9. The summed E-state index contributed by atoms with van der Waals surface area (Å²) in [4.78, 5) is 34.0. The van der Waals surface area contributed by atoms with Gasteiger partial charge in [0.05, 0.1) is 19.8 Å². The summed E-state index contributed by atoms with van der Waals surface area (Å²) in [5.41, 5.74) is 3.25. The number of fused-ring (bicyclic) bond motifs is 4. The van der Waals surface area contributed by atoms with E-state index in [0.29, 0.717) is 49.4 Å². The third-order valence-electron chi connectivity index (χ3n) is 8.28. The van der Waals surface area contributed by atoms with E-state index in [9.17, 15) is 19.1 Å². The van der Waals surface area contributed by atoms with Crippen LogP contribution in [0.25, 0.3) is 10.9 Å². The average molecular weight is 528 g/mol. The van der Waals surface area contributed by atoms with E-state index in [-0.39, 0.29) is 18.4 Å². The van der Waals surface area contributed by atoms with Gasteiger partial charge in [0.15, 0.2) is 0 Å². The fourth-order valence-corrected chi connectivity index (χ4v) is 6.32. The lowest BCUT2D eigenvalue weighted by atomic mass is 9.68. The van der Waals surface area contributed by atoms with Crippen molar-refractivity contribution in [1.82, 2.24) is 14.8 Å². The van der Waals surface area contributed by atoms with Crippen LogP contribution < -0.4 is 4.74 Å². The molecule has 0 radical (unpaired) electrons. The Labute approximate surface area is 225 Å². The van der Waals surface area contributed by atoms with E-state index in [1.807, 2.05) is 36.4 Å². The van der Waals surface area contributed by atoms with Crippen LogP contribution in [-0.4, -0.2) is 65.1 Å². The van der Waals surface area contributed by atoms with Gasteiger partial charge in [0.2, 0.25) is 0 Å². The molecular weight excluding hydrogens is 497 g/mol. The lowest BCUT2D eigenvalue weighted by Crippen LogP contribution is -2.55. The summed E-state index contributed by atoms with van der Waals surface area (Å²) >= 11 is 0. The molecule has 0 aliphatic carbocycles. The maximum Gasteiger partial charge on any atom is 0.254 e. The number of nitrogens with zero attached hydrogens (tertiary/aromatic N) is 2. The van der Waals surface area contributed by atoms with Crippen molar-refractivity contribution in [3.05, 3.63) is 101 Å². The number of rotatable bonds is 4. The van der Waals surface area contributed by atoms with Crippen LogP contribution in [0.4, 0.5) is 4.39 Å². The Morgan fingerprint density at radius 3 is 2.44 bits per heavy atom. The van der Waals surface area contributed by atoms with Gasteiger partial charge in [-0.25, -0.2) is 4.39 Å². The molecule has 8 heteroatoms. The predicted octanol–water partition coefficient (Wildman–Crippen LogP) is 4.68. The van der Waals surface area contributed by atoms with Gasteiger partial charge in [-0.2, -0.15) is 0 Å². The number of aromatic nitrogens is 1. The second-order valence-electron chi connectivity index (χ2n) is 10.4. The summed E-state index contributed by atoms with van der Waals surface area (Å²) in [6.07, 6.45) is 1.24. The van der Waals surface area contributed by atoms with Crippen LogP contribution in [0, 0.1) is 5.82 Å². The lowest BCUT2D eigenvalue weighted by Gasteiger charge is -2.50. The largest absolute Gasteiger partial charge is 0.497 e. The molecule has 6 rings (SSSR count). The number of methoxy groups -OCH3 is 1. The molecule has 200 valence electrons. The van der Waals surface area contributed by atoms with Crippen LogP contribution in [0.1, 0.15) is 50.9 Å². The smallest absolute Gasteiger partial charge is 0.254 e. The van der Waals surface area contributed by atoms with Crippen LogP contribution in [0.5, 0.6) is 5.75 Å². The minimum absolute atomic E-state index is 0.144. The van der Waals surface area contributed by atoms with E-state index >= 15 is 0 Å². The van der Waals surface area contributed by atoms with Crippen LogP contribution in [0.2, 0.25) is 0 Å². The Balaban J connectivity index is 1.41. The van der Waals surface area contributed by atoms with Crippen LogP contribution >= 0.6 is 0 Å². The zero-order chi connectivity index (χ0) is 27.1. The zero-order valence-electron chi connectivity index (χ0n) is 21.7. The number of likely N-dealkylation sites (tertiary alicyclic amines) is 1. The Bertz CT molecular complexity index is 1540. The summed E-state index contributed by atoms with van der Waals surface area (Å²) in [5, 5.41) is 11.6. The van der Waals surface area contributed by atoms with E-state index < -0.39 is 17.3 Å². The number of nitrogens with one attached hydrogen (secondary N) is 1. The highest BCUT2D eigenvalue weighted by molar-refractivity contribution is 5.96. The minimum Gasteiger partial charge on any atom is -0.497 e. The molecule has 1 fully saturated rings. The number of aliphatic hydroxyl groups is 1. The topological polar surface area (TPSA) is 85.9 Å². The van der Waals surface area contributed by atoms with Crippen molar-refractivity contribution in [1.29, 1.82) is 0 Å². The number of aliphatic hydroxyl groups excluding tert-OH is 1. The van der Waals surface area contributed by atoms with Gasteiger partial charge in [0.1, 0.15) is 11.6 Å². The quantitative estimate of drug-likeness (QED) is 0.404. The van der Waals surface area contributed by atoms with E-state index in [1.165, 1.54) is 12.1 Å². The van der Waals surface area contributed by atoms with Crippen molar-refractivity contribution in [3.8, 4) is 5.75 Å². The number of carbonyl (C=O) groups excluding carboxylic acids is 2. The number of hydrogen-bond donors (Lipinski definition) is 2. The minimum atomic E-state index is -0.538. The van der Waals surface area contributed by atoms with Crippen molar-refractivity contribution >= 4 is 22.7 Å². The van der Waals surface area contributed by atoms with Gasteiger partial charge in [-0.1, -0.05) is 24.3 Å². The van der Waals surface area contributed by atoms with Crippen molar-refractivity contribution in [2.75, 3.05) is 33.4 Å². The number of benzene rings is 3. The van der Waals surface area contributed by atoms with Crippen LogP contribution in [-0.2, 0) is 5.41 Å². The molecule has 0 saturated carbocycles. The molecule has 0 bridgehead atoms. The molecule has 3 aromatic carbocycles. The van der Waals surface area contributed by atoms with Crippen LogP contribution in [0.15, 0.2) is 72.8 Å². The van der Waals surface area contributed by atoms with Crippen molar-refractivity contribution in [2.24, 2.45) is 0 Å². The maximum absolute atomic E-state index is 13.8. The first-order valence-corrected chi connectivity index (χ1v) is 13.2. The zero-order valence-corrected chi connectivity index (χ0v) is 21.7. The number of carbonyl (C=O) groups is 2. The Kier molecular flexibility index (Phi) is 6.35. The molecule has 3 heterocycles. The number of aromatic amines is 1. The molecule has 1 atom stereocenters. The van der Waals surface area contributed by atoms with Gasteiger partial charge >= 0.3 is 0 Å². The number of hydrogen-bond acceptors (Lipinski definition) is 4. The molecule has 7 nitrogen and oxygen atoms in total. The maximum atomic E-state index is 13.8. The standard InChI is InChI=1S/C31H30FN3O4/c1-39-23-10-11-24-25(17-23)33-28-26(18-36)35(30(38)20-6-3-2-4-7-20)19-31(27(24)28)12-14-34(15-13-31)29(37)21-8-5-9-22(32)16-21/h2-11,16-17,26,33,36H,12-15,18-19H2,1H3/t26-/m0/s1. The molecule has 39 heavy (non-hydrogen) atoms. The highest BCUT2D eigenvalue weighted by Gasteiger charge is 2.49. The molecule has 2 amide bonds. The number of piperidine rings is 1. The van der Waals surface area contributed by atoms with Gasteiger partial charge in [-0.05, 0) is 60.9 Å². The monoisotopic (exact) mass is 527 g/mol. The molecular formula is C31H30FN3O4. The molecule has 2 aliphatic heterocycles. The summed E-state index contributed by atoms with van der Waals surface area (Å²) in [6, 6.07) is 20.2. The fourth-order valence-electron chi connectivity index (χ4n) is 6.32. The fraction of sp³-hybridized carbons (Fsp3) is 0.290. The summed E-state index contributed by atoms with van der Waals surface area (Å²) in [5.74, 6) is -0.0716. The molecule has 2 N–H and O–H groups in total. The number of halogens is 1. The first kappa shape index (κ1) is 25.1. The van der Waals surface area contributed by atoms with Crippen molar-refractivity contribution < 1.29 is 23.8 Å². The predicted molar refractivity (Wildman–Crippen MR) is 145 cm³/mol. The third-order valence-corrected chi connectivity index (χ3v) is 8.28. The van der Waals surface area contributed by atoms with E-state index in [2.05, 4.69) is 4.98 Å². The van der Waals surface area contributed by atoms with Crippen molar-refractivity contribution in [3.63, 3.8) is 0 Å². The number of H-pyrrole nitrogens is 1. The summed E-state index contributed by atoms with van der Waals surface area (Å²) < 4.78 is 19.2. The molecule has 4 aromatic rings. The van der Waals surface area contributed by atoms with E-state index in [1.54, 1.807) is 41.2 Å². The van der Waals surface area contributed by atoms with Gasteiger partial charge < -0.3 is 24.6 Å². The molecule has 1 spiro atoms. The molecule has 2 aliphatic rings. The van der Waals surface area contributed by atoms with Gasteiger partial charge in [-0.3, -0.25) is 9.59 Å². The van der Waals surface area contributed by atoms with Crippen molar-refractivity contribution in [2.45, 2.75) is 24.3 Å². The van der Waals surface area contributed by atoms with E-state index in [4.69, 9.17) is 4.74 Å². The number of ether oxygens (including phenoxy) is 1. The first-order valence-electron chi connectivity index (χ1n) is 13.2. The Hall–Kier alpha value is -4.17. The molecule has 1 saturated heterocycles. The molecule has 0 unspecified atom stereocenters. The third kappa shape index (κ3) is 4.25. The summed E-state index contributed by atoms with van der Waals surface area (Å²) in [6.45, 7) is 1.12. The van der Waals surface area contributed by atoms with Crippen LogP contribution in [0.3, 0.4) is 0 Å². The second-order valence-corrected chi connectivity index (χ2v) is 10.4. The SMILES string of the molecule is COc1ccc2c3c([nH]c2c1)[C@H](CO)N(C(=O)c1ccccc1)CC31CCN(C(=O)c2cccc(F)c2)CC1. The lowest BCUT2D eigenvalue weighted by molar-refractivity contribution is 0.0325. The summed E-state index contributed by atoms with van der Waals surface area (Å²) in [7, 11) is 1.62.